The molecule has 2 aromatic rings. The summed E-state index contributed by atoms with van der Waals surface area (Å²) in [5, 5.41) is 4.36. The van der Waals surface area contributed by atoms with Gasteiger partial charge in [-0.05, 0) is 17.5 Å². The van der Waals surface area contributed by atoms with Gasteiger partial charge in [-0.25, -0.2) is 0 Å². The number of esters is 1. The molecule has 2 aromatic carbocycles. The maximum atomic E-state index is 11.2. The molecule has 1 N–H and O–H groups in total. The van der Waals surface area contributed by atoms with Crippen LogP contribution in [0, 0.1) is 0 Å². The number of hydrogen-bond donors (Lipinski definition) is 1. The Kier molecular flexibility index (Phi) is 3.28. The van der Waals surface area contributed by atoms with Crippen LogP contribution in [0.15, 0.2) is 36.4 Å². The number of fused-ring (bicyclic) bond motifs is 1. The standard InChI is InChI=1S/C14H13NO3/c1-9(16)15-12-7-3-5-11-6-4-8-13(14(11)12)18-10(2)17/h3-8H,1-2H3,(H,15,16). The van der Waals surface area contributed by atoms with Gasteiger partial charge in [-0.3, -0.25) is 9.59 Å². The second kappa shape index (κ2) is 4.87. The molecule has 2 rings (SSSR count). The van der Waals surface area contributed by atoms with Crippen molar-refractivity contribution < 1.29 is 14.3 Å². The molecule has 0 saturated heterocycles. The Balaban J connectivity index is 2.63. The molecule has 0 aromatic heterocycles. The number of amides is 1. The minimum Gasteiger partial charge on any atom is -0.426 e. The van der Waals surface area contributed by atoms with Crippen LogP contribution in [0.5, 0.6) is 5.75 Å². The first kappa shape index (κ1) is 12.1. The van der Waals surface area contributed by atoms with E-state index in [1.165, 1.54) is 13.8 Å². The van der Waals surface area contributed by atoms with Gasteiger partial charge in [0.05, 0.1) is 5.69 Å². The third kappa shape index (κ3) is 2.48. The average Bonchev–Trinajstić information content (AvgIpc) is 2.27. The van der Waals surface area contributed by atoms with Crippen LogP contribution in [0.4, 0.5) is 5.69 Å². The van der Waals surface area contributed by atoms with Gasteiger partial charge in [-0.1, -0.05) is 24.3 Å². The molecule has 0 spiro atoms. The van der Waals surface area contributed by atoms with Crippen molar-refractivity contribution in [2.75, 3.05) is 5.32 Å². The van der Waals surface area contributed by atoms with Gasteiger partial charge >= 0.3 is 5.97 Å². The number of benzene rings is 2. The van der Waals surface area contributed by atoms with Crippen LogP contribution in [-0.4, -0.2) is 11.9 Å². The van der Waals surface area contributed by atoms with Gasteiger partial charge in [0.15, 0.2) is 0 Å². The van der Waals surface area contributed by atoms with Crippen molar-refractivity contribution in [2.45, 2.75) is 13.8 Å². The zero-order valence-electron chi connectivity index (χ0n) is 10.2. The van der Waals surface area contributed by atoms with Crippen LogP contribution < -0.4 is 10.1 Å². The smallest absolute Gasteiger partial charge is 0.308 e. The molecule has 0 atom stereocenters. The molecule has 0 radical (unpaired) electrons. The third-order valence-electron chi connectivity index (χ3n) is 2.43. The predicted molar refractivity (Wildman–Crippen MR) is 69.6 cm³/mol. The highest BCUT2D eigenvalue weighted by Crippen LogP contribution is 2.32. The normalized spacial score (nSPS) is 10.1. The maximum Gasteiger partial charge on any atom is 0.308 e. The molecule has 4 heteroatoms. The second-order valence-electron chi connectivity index (χ2n) is 3.93. The lowest BCUT2D eigenvalue weighted by molar-refractivity contribution is -0.131. The Hall–Kier alpha value is -2.36. The quantitative estimate of drug-likeness (QED) is 0.651. The highest BCUT2D eigenvalue weighted by atomic mass is 16.5. The highest BCUT2D eigenvalue weighted by Gasteiger charge is 2.09. The number of anilines is 1. The van der Waals surface area contributed by atoms with Gasteiger partial charge in [0.2, 0.25) is 5.91 Å². The molecule has 0 fully saturated rings. The predicted octanol–water partition coefficient (Wildman–Crippen LogP) is 2.72. The van der Waals surface area contributed by atoms with E-state index in [2.05, 4.69) is 5.32 Å². The van der Waals surface area contributed by atoms with Crippen LogP contribution in [0.1, 0.15) is 13.8 Å². The van der Waals surface area contributed by atoms with E-state index in [1.807, 2.05) is 18.2 Å². The van der Waals surface area contributed by atoms with Gasteiger partial charge in [0, 0.05) is 19.2 Å². The summed E-state index contributed by atoms with van der Waals surface area (Å²) in [5.74, 6) is -0.107. The van der Waals surface area contributed by atoms with Crippen molar-refractivity contribution in [2.24, 2.45) is 0 Å². The molecule has 1 amide bonds. The van der Waals surface area contributed by atoms with E-state index in [1.54, 1.807) is 18.2 Å². The van der Waals surface area contributed by atoms with Gasteiger partial charge < -0.3 is 10.1 Å². The Labute approximate surface area is 105 Å². The average molecular weight is 243 g/mol. The fourth-order valence-electron chi connectivity index (χ4n) is 1.84. The maximum absolute atomic E-state index is 11.2. The fourth-order valence-corrected chi connectivity index (χ4v) is 1.84. The van der Waals surface area contributed by atoms with E-state index >= 15 is 0 Å². The van der Waals surface area contributed by atoms with Crippen molar-refractivity contribution in [3.63, 3.8) is 0 Å². The molecule has 0 heterocycles. The van der Waals surface area contributed by atoms with Gasteiger partial charge in [-0.2, -0.15) is 0 Å². The molecular formula is C14H13NO3. The number of carbonyl (C=O) groups excluding carboxylic acids is 2. The van der Waals surface area contributed by atoms with Gasteiger partial charge in [0.25, 0.3) is 0 Å². The monoisotopic (exact) mass is 243 g/mol. The lowest BCUT2D eigenvalue weighted by Gasteiger charge is -2.11. The first-order valence-electron chi connectivity index (χ1n) is 5.55. The minimum absolute atomic E-state index is 0.167. The van der Waals surface area contributed by atoms with Crippen LogP contribution in [0.25, 0.3) is 10.8 Å². The molecule has 92 valence electrons. The summed E-state index contributed by atoms with van der Waals surface area (Å²) in [5.41, 5.74) is 0.636. The number of carbonyl (C=O) groups is 2. The lowest BCUT2D eigenvalue weighted by Crippen LogP contribution is -2.07. The zero-order chi connectivity index (χ0) is 13.1. The number of hydrogen-bond acceptors (Lipinski definition) is 3. The second-order valence-corrected chi connectivity index (χ2v) is 3.93. The van der Waals surface area contributed by atoms with Crippen molar-refractivity contribution in [3.05, 3.63) is 36.4 Å². The van der Waals surface area contributed by atoms with E-state index < -0.39 is 0 Å². The fraction of sp³-hybridized carbons (Fsp3) is 0.143. The molecule has 0 bridgehead atoms. The number of nitrogens with one attached hydrogen (secondary N) is 1. The highest BCUT2D eigenvalue weighted by molar-refractivity contribution is 6.05. The lowest BCUT2D eigenvalue weighted by atomic mass is 10.1. The molecule has 0 aliphatic rings. The molecule has 0 unspecified atom stereocenters. The Morgan fingerprint density at radius 3 is 2.33 bits per heavy atom. The summed E-state index contributed by atoms with van der Waals surface area (Å²) in [4.78, 5) is 22.3. The molecule has 18 heavy (non-hydrogen) atoms. The van der Waals surface area contributed by atoms with Crippen molar-refractivity contribution in [3.8, 4) is 5.75 Å². The summed E-state index contributed by atoms with van der Waals surface area (Å²) < 4.78 is 5.16. The number of rotatable bonds is 2. The van der Waals surface area contributed by atoms with Gasteiger partial charge in [0.1, 0.15) is 5.75 Å². The summed E-state index contributed by atoms with van der Waals surface area (Å²) in [7, 11) is 0. The topological polar surface area (TPSA) is 55.4 Å². The largest absolute Gasteiger partial charge is 0.426 e. The SMILES string of the molecule is CC(=O)Nc1cccc2cccc(OC(C)=O)c12. The van der Waals surface area contributed by atoms with Crippen LogP contribution in [0.2, 0.25) is 0 Å². The first-order valence-corrected chi connectivity index (χ1v) is 5.55. The summed E-state index contributed by atoms with van der Waals surface area (Å²) in [6.07, 6.45) is 0. The third-order valence-corrected chi connectivity index (χ3v) is 2.43. The first-order chi connectivity index (χ1) is 8.58. The molecular weight excluding hydrogens is 230 g/mol. The molecule has 0 saturated carbocycles. The Morgan fingerprint density at radius 2 is 1.72 bits per heavy atom. The summed E-state index contributed by atoms with van der Waals surface area (Å²) in [6, 6.07) is 10.9. The van der Waals surface area contributed by atoms with E-state index in [0.717, 1.165) is 10.8 Å². The number of ether oxygens (including phenoxy) is 1. The van der Waals surface area contributed by atoms with Crippen LogP contribution in [-0.2, 0) is 9.59 Å². The van der Waals surface area contributed by atoms with E-state index in [-0.39, 0.29) is 11.9 Å². The van der Waals surface area contributed by atoms with Crippen LogP contribution >= 0.6 is 0 Å². The van der Waals surface area contributed by atoms with Crippen LogP contribution in [0.3, 0.4) is 0 Å². The minimum atomic E-state index is -0.389. The Morgan fingerprint density at radius 1 is 1.06 bits per heavy atom. The molecule has 0 aliphatic carbocycles. The Bertz CT molecular complexity index is 569. The zero-order valence-corrected chi connectivity index (χ0v) is 10.2. The van der Waals surface area contributed by atoms with Crippen molar-refractivity contribution >= 4 is 28.3 Å². The van der Waals surface area contributed by atoms with Gasteiger partial charge in [-0.15, -0.1) is 0 Å². The molecule has 0 aliphatic heterocycles. The van der Waals surface area contributed by atoms with Crippen molar-refractivity contribution in [1.29, 1.82) is 0 Å². The van der Waals surface area contributed by atoms with E-state index in [9.17, 15) is 9.59 Å². The van der Waals surface area contributed by atoms with E-state index in [0.29, 0.717) is 11.4 Å². The summed E-state index contributed by atoms with van der Waals surface area (Å²) in [6.45, 7) is 2.78. The van der Waals surface area contributed by atoms with E-state index in [4.69, 9.17) is 4.74 Å². The van der Waals surface area contributed by atoms with Crippen molar-refractivity contribution in [1.82, 2.24) is 0 Å². The molecule has 4 nitrogen and oxygen atoms in total. The summed E-state index contributed by atoms with van der Waals surface area (Å²) >= 11 is 0.